The van der Waals surface area contributed by atoms with Crippen LogP contribution < -0.4 is 10.6 Å². The van der Waals surface area contributed by atoms with Gasteiger partial charge in [-0.2, -0.15) is 0 Å². The Labute approximate surface area is 199 Å². The summed E-state index contributed by atoms with van der Waals surface area (Å²) in [5, 5.41) is 16.1. The summed E-state index contributed by atoms with van der Waals surface area (Å²) in [6.45, 7) is 6.28. The van der Waals surface area contributed by atoms with Crippen LogP contribution in [0.25, 0.3) is 0 Å². The first kappa shape index (κ1) is 26.5. The molecule has 0 fully saturated rings. The summed E-state index contributed by atoms with van der Waals surface area (Å²) >= 11 is 1.22. The van der Waals surface area contributed by atoms with Crippen LogP contribution in [-0.4, -0.2) is 47.9 Å². The number of nitro groups is 1. The molecule has 0 saturated heterocycles. The standard InChI is InChI=1S/C22H25N3O8S/c1-5-16-13(4)34-20(18(16)22(29)32-6-2)24-17(26)11-33-21(28)12(3)23-19(27)14-8-7-9-15(10-14)25(30)31/h7-10,12H,5-6,11H2,1-4H3,(H,23,27)(H,24,26)/t12-/m0/s1. The Hall–Kier alpha value is -3.80. The van der Waals surface area contributed by atoms with Crippen LogP contribution >= 0.6 is 11.3 Å². The molecule has 1 heterocycles. The molecule has 0 aliphatic carbocycles. The lowest BCUT2D eigenvalue weighted by molar-refractivity contribution is -0.384. The van der Waals surface area contributed by atoms with E-state index in [0.717, 1.165) is 16.5 Å². The number of benzene rings is 1. The quantitative estimate of drug-likeness (QED) is 0.292. The molecule has 0 radical (unpaired) electrons. The van der Waals surface area contributed by atoms with E-state index in [1.165, 1.54) is 36.5 Å². The lowest BCUT2D eigenvalue weighted by Gasteiger charge is -2.13. The molecule has 2 N–H and O–H groups in total. The van der Waals surface area contributed by atoms with E-state index in [9.17, 15) is 29.3 Å². The van der Waals surface area contributed by atoms with Gasteiger partial charge < -0.3 is 20.1 Å². The van der Waals surface area contributed by atoms with Crippen LogP contribution in [0.1, 0.15) is 51.9 Å². The minimum atomic E-state index is -1.12. The van der Waals surface area contributed by atoms with Crippen molar-refractivity contribution in [3.05, 3.63) is 55.9 Å². The Morgan fingerprint density at radius 2 is 1.88 bits per heavy atom. The molecule has 2 aromatic rings. The molecule has 0 saturated carbocycles. The number of hydrogen-bond donors (Lipinski definition) is 2. The van der Waals surface area contributed by atoms with Crippen molar-refractivity contribution in [1.29, 1.82) is 0 Å². The number of non-ortho nitro benzene ring substituents is 1. The number of nitrogens with zero attached hydrogens (tertiary/aromatic N) is 1. The van der Waals surface area contributed by atoms with E-state index in [1.807, 2.05) is 13.8 Å². The van der Waals surface area contributed by atoms with Gasteiger partial charge in [0.15, 0.2) is 6.61 Å². The maximum absolute atomic E-state index is 12.3. The van der Waals surface area contributed by atoms with E-state index in [1.54, 1.807) is 6.92 Å². The molecule has 2 amide bonds. The maximum atomic E-state index is 12.3. The predicted octanol–water partition coefficient (Wildman–Crippen LogP) is 3.00. The number of nitro benzene ring substituents is 1. The van der Waals surface area contributed by atoms with Crippen LogP contribution in [0.15, 0.2) is 24.3 Å². The molecule has 0 bridgehead atoms. The first-order chi connectivity index (χ1) is 16.1. The summed E-state index contributed by atoms with van der Waals surface area (Å²) in [4.78, 5) is 60.2. The minimum absolute atomic E-state index is 0.00196. The van der Waals surface area contributed by atoms with Gasteiger partial charge in [0.05, 0.1) is 17.1 Å². The average Bonchev–Trinajstić information content (AvgIpc) is 3.11. The number of amides is 2. The molecule has 0 aliphatic rings. The van der Waals surface area contributed by atoms with Crippen molar-refractivity contribution in [2.24, 2.45) is 0 Å². The van der Waals surface area contributed by atoms with Gasteiger partial charge in [-0.05, 0) is 38.8 Å². The third kappa shape index (κ3) is 6.61. The Kier molecular flexibility index (Phi) is 9.25. The number of esters is 2. The van der Waals surface area contributed by atoms with Gasteiger partial charge in [-0.3, -0.25) is 19.7 Å². The fourth-order valence-electron chi connectivity index (χ4n) is 3.04. The van der Waals surface area contributed by atoms with Crippen LogP contribution in [0, 0.1) is 17.0 Å². The van der Waals surface area contributed by atoms with E-state index in [0.29, 0.717) is 11.4 Å². The molecule has 1 aromatic carbocycles. The van der Waals surface area contributed by atoms with E-state index in [-0.39, 0.29) is 23.4 Å². The number of anilines is 1. The van der Waals surface area contributed by atoms with Crippen LogP contribution in [0.5, 0.6) is 0 Å². The lowest BCUT2D eigenvalue weighted by atomic mass is 10.1. The fraction of sp³-hybridized carbons (Fsp3) is 0.364. The largest absolute Gasteiger partial charge is 0.462 e. The molecule has 34 heavy (non-hydrogen) atoms. The summed E-state index contributed by atoms with van der Waals surface area (Å²) in [5.41, 5.74) is 0.784. The number of rotatable bonds is 10. The average molecular weight is 492 g/mol. The fourth-order valence-corrected chi connectivity index (χ4v) is 4.18. The summed E-state index contributed by atoms with van der Waals surface area (Å²) < 4.78 is 10.0. The Morgan fingerprint density at radius 3 is 2.50 bits per heavy atom. The molecule has 1 atom stereocenters. The van der Waals surface area contributed by atoms with Gasteiger partial charge in [0.1, 0.15) is 11.0 Å². The zero-order chi connectivity index (χ0) is 25.4. The Balaban J connectivity index is 1.97. The normalized spacial score (nSPS) is 11.3. The van der Waals surface area contributed by atoms with Crippen molar-refractivity contribution >= 4 is 45.8 Å². The van der Waals surface area contributed by atoms with Gasteiger partial charge in [-0.1, -0.05) is 13.0 Å². The third-order valence-electron chi connectivity index (χ3n) is 4.66. The highest BCUT2D eigenvalue weighted by molar-refractivity contribution is 7.16. The third-order valence-corrected chi connectivity index (χ3v) is 5.72. The van der Waals surface area contributed by atoms with Gasteiger partial charge in [0.2, 0.25) is 0 Å². The number of aryl methyl sites for hydroxylation is 1. The second kappa shape index (κ2) is 11.9. The first-order valence-electron chi connectivity index (χ1n) is 10.4. The molecule has 2 rings (SSSR count). The summed E-state index contributed by atoms with van der Waals surface area (Å²) in [6.07, 6.45) is 0.573. The number of carbonyl (C=O) groups is 4. The SMILES string of the molecule is CCOC(=O)c1c(NC(=O)COC(=O)[C@H](C)NC(=O)c2cccc([N+](=O)[O-])c2)sc(C)c1CC. The number of nitrogens with one attached hydrogen (secondary N) is 2. The molecule has 0 unspecified atom stereocenters. The van der Waals surface area contributed by atoms with Crippen LogP contribution in [-0.2, 0) is 25.5 Å². The number of carbonyl (C=O) groups excluding carboxylic acids is 4. The Bertz CT molecular complexity index is 1110. The van der Waals surface area contributed by atoms with Crippen molar-refractivity contribution in [2.75, 3.05) is 18.5 Å². The smallest absolute Gasteiger partial charge is 0.341 e. The van der Waals surface area contributed by atoms with Crippen molar-refractivity contribution in [2.45, 2.75) is 40.2 Å². The second-order valence-electron chi connectivity index (χ2n) is 7.07. The van der Waals surface area contributed by atoms with Gasteiger partial charge in [-0.15, -0.1) is 11.3 Å². The highest BCUT2D eigenvalue weighted by Gasteiger charge is 2.25. The first-order valence-corrected chi connectivity index (χ1v) is 11.2. The van der Waals surface area contributed by atoms with Crippen molar-refractivity contribution in [3.63, 3.8) is 0 Å². The van der Waals surface area contributed by atoms with Crippen LogP contribution in [0.4, 0.5) is 10.7 Å². The molecule has 12 heteroatoms. The van der Waals surface area contributed by atoms with Crippen molar-refractivity contribution in [3.8, 4) is 0 Å². The molecule has 0 aliphatic heterocycles. The zero-order valence-electron chi connectivity index (χ0n) is 19.1. The van der Waals surface area contributed by atoms with Crippen molar-refractivity contribution in [1.82, 2.24) is 5.32 Å². The molecule has 0 spiro atoms. The summed E-state index contributed by atoms with van der Waals surface area (Å²) in [6, 6.07) is 3.91. The monoisotopic (exact) mass is 491 g/mol. The van der Waals surface area contributed by atoms with Gasteiger partial charge in [-0.25, -0.2) is 9.59 Å². The van der Waals surface area contributed by atoms with Crippen LogP contribution in [0.2, 0.25) is 0 Å². The summed E-state index contributed by atoms with van der Waals surface area (Å²) in [7, 11) is 0. The molecular formula is C22H25N3O8S. The highest BCUT2D eigenvalue weighted by Crippen LogP contribution is 2.34. The Morgan fingerprint density at radius 1 is 1.18 bits per heavy atom. The molecule has 1 aromatic heterocycles. The molecule has 182 valence electrons. The minimum Gasteiger partial charge on any atom is -0.462 e. The zero-order valence-corrected chi connectivity index (χ0v) is 19.9. The maximum Gasteiger partial charge on any atom is 0.341 e. The lowest BCUT2D eigenvalue weighted by Crippen LogP contribution is -2.40. The van der Waals surface area contributed by atoms with E-state index in [4.69, 9.17) is 9.47 Å². The van der Waals surface area contributed by atoms with Gasteiger partial charge in [0.25, 0.3) is 17.5 Å². The second-order valence-corrected chi connectivity index (χ2v) is 8.30. The molecule has 11 nitrogen and oxygen atoms in total. The van der Waals surface area contributed by atoms with Crippen LogP contribution in [0.3, 0.4) is 0 Å². The molecular weight excluding hydrogens is 466 g/mol. The van der Waals surface area contributed by atoms with E-state index in [2.05, 4.69) is 10.6 Å². The topological polar surface area (TPSA) is 154 Å². The number of hydrogen-bond acceptors (Lipinski definition) is 9. The van der Waals surface area contributed by atoms with Crippen molar-refractivity contribution < 1.29 is 33.6 Å². The number of thiophene rings is 1. The van der Waals surface area contributed by atoms with Gasteiger partial charge >= 0.3 is 11.9 Å². The highest BCUT2D eigenvalue weighted by atomic mass is 32.1. The van der Waals surface area contributed by atoms with E-state index >= 15 is 0 Å². The summed E-state index contributed by atoms with van der Waals surface area (Å²) in [5.74, 6) is -2.80. The van der Waals surface area contributed by atoms with Gasteiger partial charge in [0, 0.05) is 22.6 Å². The van der Waals surface area contributed by atoms with E-state index < -0.39 is 41.3 Å². The predicted molar refractivity (Wildman–Crippen MR) is 124 cm³/mol. The number of ether oxygens (including phenoxy) is 2.